The van der Waals surface area contributed by atoms with Crippen LogP contribution in [0.1, 0.15) is 99.3 Å². The minimum atomic E-state index is -5.02. The van der Waals surface area contributed by atoms with E-state index in [4.69, 9.17) is 9.47 Å². The molecule has 9 heteroatoms. The van der Waals surface area contributed by atoms with Crippen molar-refractivity contribution in [3.05, 3.63) is 0 Å². The molecule has 0 heterocycles. The van der Waals surface area contributed by atoms with Crippen LogP contribution >= 0.6 is 0 Å². The molecule has 0 aliphatic rings. The van der Waals surface area contributed by atoms with E-state index in [2.05, 4.69) is 34.6 Å². The second kappa shape index (κ2) is 19.1. The van der Waals surface area contributed by atoms with Crippen LogP contribution in [0, 0.1) is 23.7 Å². The molecule has 3 unspecified atom stereocenters. The molecule has 3 atom stereocenters. The van der Waals surface area contributed by atoms with Crippen LogP contribution in [0.4, 0.5) is 0 Å². The van der Waals surface area contributed by atoms with Crippen molar-refractivity contribution in [2.24, 2.45) is 23.7 Å². The van der Waals surface area contributed by atoms with Crippen LogP contribution < -0.4 is 29.6 Å². The van der Waals surface area contributed by atoms with Gasteiger partial charge in [0.05, 0.1) is 19.6 Å². The molecule has 0 bridgehead atoms. The van der Waals surface area contributed by atoms with E-state index in [0.717, 1.165) is 38.5 Å². The minimum absolute atomic E-state index is 0. The standard InChI is InChI=1S/C24H46O7S.Na/c1-18(2)9-7-11-20(5)13-15-30-23(25)17-22(32(27,28)29)24(26)31-16-14-21(6)12-8-10-19(3)4;/h18-22H,7-17H2,1-6H3,(H,27,28,29);/q;+1/p-1. The van der Waals surface area contributed by atoms with Crippen molar-refractivity contribution in [1.29, 1.82) is 0 Å². The fourth-order valence-corrected chi connectivity index (χ4v) is 4.02. The number of ether oxygens (including phenoxy) is 2. The van der Waals surface area contributed by atoms with Gasteiger partial charge >= 0.3 is 41.5 Å². The molecule has 0 aliphatic carbocycles. The Morgan fingerprint density at radius 3 is 1.55 bits per heavy atom. The zero-order valence-corrected chi connectivity index (χ0v) is 24.7. The van der Waals surface area contributed by atoms with Crippen molar-refractivity contribution in [3.63, 3.8) is 0 Å². The molecule has 0 aromatic rings. The van der Waals surface area contributed by atoms with Gasteiger partial charge in [0.25, 0.3) is 0 Å². The van der Waals surface area contributed by atoms with Crippen LogP contribution in [-0.4, -0.2) is 43.4 Å². The van der Waals surface area contributed by atoms with Gasteiger partial charge in [-0.05, 0) is 36.5 Å². The summed E-state index contributed by atoms with van der Waals surface area (Å²) < 4.78 is 44.6. The van der Waals surface area contributed by atoms with E-state index >= 15 is 0 Å². The van der Waals surface area contributed by atoms with Crippen LogP contribution in [0.2, 0.25) is 0 Å². The van der Waals surface area contributed by atoms with Crippen molar-refractivity contribution in [2.75, 3.05) is 13.2 Å². The minimum Gasteiger partial charge on any atom is -0.747 e. The predicted molar refractivity (Wildman–Crippen MR) is 125 cm³/mol. The molecule has 0 amide bonds. The van der Waals surface area contributed by atoms with E-state index in [1.54, 1.807) is 0 Å². The van der Waals surface area contributed by atoms with Crippen LogP contribution in [0.5, 0.6) is 0 Å². The molecule has 0 aromatic carbocycles. The average Bonchev–Trinajstić information content (AvgIpc) is 2.64. The Morgan fingerprint density at radius 1 is 0.727 bits per heavy atom. The first-order valence-corrected chi connectivity index (χ1v) is 13.6. The van der Waals surface area contributed by atoms with Crippen molar-refractivity contribution in [3.8, 4) is 0 Å². The maximum atomic E-state index is 12.2. The van der Waals surface area contributed by atoms with Crippen LogP contribution in [0.25, 0.3) is 0 Å². The van der Waals surface area contributed by atoms with Gasteiger partial charge in [-0.25, -0.2) is 8.42 Å². The smallest absolute Gasteiger partial charge is 0.747 e. The Kier molecular flexibility index (Phi) is 20.3. The molecule has 0 saturated carbocycles. The third-order valence-electron chi connectivity index (χ3n) is 5.65. The molecule has 7 nitrogen and oxygen atoms in total. The fourth-order valence-electron chi connectivity index (χ4n) is 3.38. The second-order valence-corrected chi connectivity index (χ2v) is 11.6. The van der Waals surface area contributed by atoms with Gasteiger partial charge in [-0.1, -0.05) is 80.1 Å². The third-order valence-corrected chi connectivity index (χ3v) is 6.70. The summed E-state index contributed by atoms with van der Waals surface area (Å²) in [5, 5.41) is -2.06. The Hall–Kier alpha value is -0.150. The Balaban J connectivity index is 0. The van der Waals surface area contributed by atoms with Crippen LogP contribution in [-0.2, 0) is 29.2 Å². The number of hydrogen-bond acceptors (Lipinski definition) is 7. The van der Waals surface area contributed by atoms with Crippen LogP contribution in [0.15, 0.2) is 0 Å². The average molecular weight is 501 g/mol. The predicted octanol–water partition coefficient (Wildman–Crippen LogP) is 2.09. The third kappa shape index (κ3) is 19.8. The van der Waals surface area contributed by atoms with E-state index in [0.29, 0.717) is 36.5 Å². The van der Waals surface area contributed by atoms with E-state index < -0.39 is 33.7 Å². The molecule has 0 fully saturated rings. The van der Waals surface area contributed by atoms with Crippen LogP contribution in [0.3, 0.4) is 0 Å². The first-order chi connectivity index (χ1) is 14.8. The fraction of sp³-hybridized carbons (Fsp3) is 0.917. The Labute approximate surface area is 224 Å². The van der Waals surface area contributed by atoms with Gasteiger partial charge in [0.1, 0.15) is 10.1 Å². The summed E-state index contributed by atoms with van der Waals surface area (Å²) in [4.78, 5) is 24.2. The van der Waals surface area contributed by atoms with E-state index in [-0.39, 0.29) is 42.8 Å². The van der Waals surface area contributed by atoms with Crippen molar-refractivity contribution in [2.45, 2.75) is 105 Å². The summed E-state index contributed by atoms with van der Waals surface area (Å²) in [6.45, 7) is 12.9. The molecule has 0 N–H and O–H groups in total. The maximum Gasteiger partial charge on any atom is 1.00 e. The zero-order chi connectivity index (χ0) is 24.7. The normalized spacial score (nSPS) is 14.5. The van der Waals surface area contributed by atoms with E-state index in [9.17, 15) is 22.6 Å². The summed E-state index contributed by atoms with van der Waals surface area (Å²) in [6, 6.07) is 0. The van der Waals surface area contributed by atoms with Gasteiger partial charge < -0.3 is 14.0 Å². The second-order valence-electron chi connectivity index (χ2n) is 10.0. The van der Waals surface area contributed by atoms with Gasteiger partial charge in [0.2, 0.25) is 0 Å². The maximum absolute atomic E-state index is 12.2. The van der Waals surface area contributed by atoms with Gasteiger partial charge in [-0.3, -0.25) is 9.59 Å². The molecular weight excluding hydrogens is 455 g/mol. The number of carbonyl (C=O) groups excluding carboxylic acids is 2. The molecule has 0 saturated heterocycles. The van der Waals surface area contributed by atoms with E-state index in [1.807, 2.05) is 6.92 Å². The molecule has 0 rings (SSSR count). The first-order valence-electron chi connectivity index (χ1n) is 12.1. The quantitative estimate of drug-likeness (QED) is 0.161. The number of carbonyl (C=O) groups is 2. The van der Waals surface area contributed by atoms with Crippen molar-refractivity contribution in [1.82, 2.24) is 0 Å². The topological polar surface area (TPSA) is 110 Å². The largest absolute Gasteiger partial charge is 1.00 e. The number of hydrogen-bond donors (Lipinski definition) is 0. The first kappa shape index (κ1) is 35.0. The number of esters is 2. The summed E-state index contributed by atoms with van der Waals surface area (Å²) in [7, 11) is -5.02. The van der Waals surface area contributed by atoms with E-state index in [1.165, 1.54) is 0 Å². The van der Waals surface area contributed by atoms with Gasteiger partial charge in [-0.2, -0.15) is 0 Å². The molecule has 0 radical (unpaired) electrons. The Morgan fingerprint density at radius 2 is 1.15 bits per heavy atom. The molecule has 0 spiro atoms. The van der Waals surface area contributed by atoms with Gasteiger partial charge in [0, 0.05) is 0 Å². The SMILES string of the molecule is CC(C)CCCC(C)CCOC(=O)CC(C(=O)OCCC(C)CCCC(C)C)S(=O)(=O)[O-].[Na+]. The summed E-state index contributed by atoms with van der Waals surface area (Å²) in [6.07, 6.45) is 6.88. The zero-order valence-electron chi connectivity index (χ0n) is 21.9. The summed E-state index contributed by atoms with van der Waals surface area (Å²) >= 11 is 0. The molecule has 0 aromatic heterocycles. The molecule has 0 aliphatic heterocycles. The number of rotatable bonds is 18. The van der Waals surface area contributed by atoms with Gasteiger partial charge in [0.15, 0.2) is 5.25 Å². The molecule has 33 heavy (non-hydrogen) atoms. The summed E-state index contributed by atoms with van der Waals surface area (Å²) in [5.74, 6) is -0.0737. The summed E-state index contributed by atoms with van der Waals surface area (Å²) in [5.41, 5.74) is 0. The Bertz CT molecular complexity index is 635. The van der Waals surface area contributed by atoms with Crippen molar-refractivity contribution < 1.29 is 61.6 Å². The molecule has 190 valence electrons. The van der Waals surface area contributed by atoms with Crippen molar-refractivity contribution >= 4 is 22.1 Å². The van der Waals surface area contributed by atoms with Gasteiger partial charge in [-0.15, -0.1) is 0 Å². The molecular formula is C24H45NaO7S. The monoisotopic (exact) mass is 500 g/mol.